The highest BCUT2D eigenvalue weighted by molar-refractivity contribution is 6.02. The summed E-state index contributed by atoms with van der Waals surface area (Å²) in [5.41, 5.74) is 2.83. The average Bonchev–Trinajstić information content (AvgIpc) is 3.37. The first-order valence-corrected chi connectivity index (χ1v) is 14.9. The van der Waals surface area contributed by atoms with E-state index in [1.807, 2.05) is 51.1 Å². The summed E-state index contributed by atoms with van der Waals surface area (Å²) in [6, 6.07) is 21.1. The summed E-state index contributed by atoms with van der Waals surface area (Å²) in [6.07, 6.45) is 0.215. The molecule has 9 nitrogen and oxygen atoms in total. The van der Waals surface area contributed by atoms with Gasteiger partial charge in [0.25, 0.3) is 5.69 Å². The van der Waals surface area contributed by atoms with Gasteiger partial charge in [0.05, 0.1) is 16.9 Å². The number of non-ortho nitro benzene ring substituents is 1. The molecule has 3 aromatic carbocycles. The van der Waals surface area contributed by atoms with Crippen LogP contribution in [0.3, 0.4) is 0 Å². The van der Waals surface area contributed by atoms with E-state index in [9.17, 15) is 24.5 Å². The maximum atomic E-state index is 14.6. The predicted molar refractivity (Wildman–Crippen MR) is 164 cm³/mol. The molecule has 4 atom stereocenters. The van der Waals surface area contributed by atoms with E-state index in [1.165, 1.54) is 12.1 Å². The second-order valence-corrected chi connectivity index (χ2v) is 11.9. The van der Waals surface area contributed by atoms with Crippen LogP contribution in [0.15, 0.2) is 78.9 Å². The number of likely N-dealkylation sites (tertiary alicyclic amines) is 1. The van der Waals surface area contributed by atoms with Crippen molar-refractivity contribution in [3.05, 3.63) is 111 Å². The van der Waals surface area contributed by atoms with Crippen molar-refractivity contribution in [3.8, 4) is 0 Å². The predicted octanol–water partition coefficient (Wildman–Crippen LogP) is 4.92. The van der Waals surface area contributed by atoms with Gasteiger partial charge in [0.2, 0.25) is 11.8 Å². The fourth-order valence-corrected chi connectivity index (χ4v) is 6.46. The number of amides is 2. The summed E-state index contributed by atoms with van der Waals surface area (Å²) in [5.74, 6) is -2.07. The molecule has 2 heterocycles. The van der Waals surface area contributed by atoms with E-state index in [0.717, 1.165) is 11.1 Å². The molecule has 3 aromatic rings. The second kappa shape index (κ2) is 12.9. The highest BCUT2D eigenvalue weighted by Crippen LogP contribution is 2.52. The molecule has 1 N–H and O–H groups in total. The number of carbonyl (C=O) groups excluding carboxylic acids is 3. The topological polar surface area (TPSA) is 113 Å². The number of piperazine rings is 1. The Bertz CT molecular complexity index is 1470. The largest absolute Gasteiger partial charge is 0.338 e. The molecule has 43 heavy (non-hydrogen) atoms. The van der Waals surface area contributed by atoms with E-state index in [1.54, 1.807) is 46.2 Å². The van der Waals surface area contributed by atoms with E-state index >= 15 is 0 Å². The smallest absolute Gasteiger partial charge is 0.269 e. The Morgan fingerprint density at radius 2 is 1.51 bits per heavy atom. The fraction of sp³-hybridized carbons (Fsp3) is 0.382. The Hall–Kier alpha value is -4.37. The van der Waals surface area contributed by atoms with Crippen LogP contribution in [0.2, 0.25) is 0 Å². The standard InChI is InChI=1S/C34H38N4O5/c1-22(2)21-28(39)37-31(25-11-9-23(3)10-12-25)30(33(40)26-7-5-4-6-8-26)29(24-13-15-27(16-14-24)38(42)43)32(37)34(41)36-19-17-35-18-20-36/h4-16,22,29-32,35H,17-21H2,1-3H3. The van der Waals surface area contributed by atoms with E-state index in [-0.39, 0.29) is 35.6 Å². The molecule has 0 bridgehead atoms. The van der Waals surface area contributed by atoms with Gasteiger partial charge in [-0.05, 0) is 24.0 Å². The fourth-order valence-electron chi connectivity index (χ4n) is 6.46. The Morgan fingerprint density at radius 1 is 0.907 bits per heavy atom. The van der Waals surface area contributed by atoms with E-state index in [0.29, 0.717) is 37.3 Å². The number of hydrogen-bond acceptors (Lipinski definition) is 6. The summed E-state index contributed by atoms with van der Waals surface area (Å²) in [6.45, 7) is 8.14. The van der Waals surface area contributed by atoms with Gasteiger partial charge in [-0.25, -0.2) is 0 Å². The highest BCUT2D eigenvalue weighted by atomic mass is 16.6. The van der Waals surface area contributed by atoms with Crippen molar-refractivity contribution in [2.75, 3.05) is 26.2 Å². The number of ketones is 1. The number of nitro groups is 1. The third-order valence-electron chi connectivity index (χ3n) is 8.49. The molecule has 0 saturated carbocycles. The molecule has 2 fully saturated rings. The average molecular weight is 583 g/mol. The molecule has 0 radical (unpaired) electrons. The summed E-state index contributed by atoms with van der Waals surface area (Å²) in [7, 11) is 0. The number of nitrogens with one attached hydrogen (secondary N) is 1. The van der Waals surface area contributed by atoms with Crippen molar-refractivity contribution in [1.82, 2.24) is 15.1 Å². The lowest BCUT2D eigenvalue weighted by Crippen LogP contribution is -2.55. The molecule has 9 heteroatoms. The van der Waals surface area contributed by atoms with Gasteiger partial charge in [-0.1, -0.05) is 86.1 Å². The summed E-state index contributed by atoms with van der Waals surface area (Å²) >= 11 is 0. The molecule has 2 aliphatic rings. The van der Waals surface area contributed by atoms with Crippen molar-refractivity contribution in [3.63, 3.8) is 0 Å². The Labute approximate surface area is 252 Å². The Morgan fingerprint density at radius 3 is 2.09 bits per heavy atom. The van der Waals surface area contributed by atoms with Crippen LogP contribution in [0.5, 0.6) is 0 Å². The molecule has 2 amide bonds. The van der Waals surface area contributed by atoms with Crippen LogP contribution in [0, 0.1) is 28.9 Å². The Balaban J connectivity index is 1.76. The molecule has 0 aliphatic carbocycles. The zero-order chi connectivity index (χ0) is 30.7. The maximum absolute atomic E-state index is 14.6. The van der Waals surface area contributed by atoms with Crippen LogP contribution in [-0.2, 0) is 9.59 Å². The molecule has 2 aliphatic heterocycles. The molecule has 224 valence electrons. The highest BCUT2D eigenvalue weighted by Gasteiger charge is 2.58. The first-order chi connectivity index (χ1) is 20.7. The van der Waals surface area contributed by atoms with Crippen molar-refractivity contribution >= 4 is 23.3 Å². The quantitative estimate of drug-likeness (QED) is 0.229. The number of aryl methyl sites for hydroxylation is 1. The normalized spacial score (nSPS) is 22.0. The second-order valence-electron chi connectivity index (χ2n) is 11.9. The summed E-state index contributed by atoms with van der Waals surface area (Å²) in [5, 5.41) is 14.8. The summed E-state index contributed by atoms with van der Waals surface area (Å²) in [4.78, 5) is 57.9. The van der Waals surface area contributed by atoms with Gasteiger partial charge in [0.15, 0.2) is 5.78 Å². The lowest BCUT2D eigenvalue weighted by atomic mass is 9.75. The van der Waals surface area contributed by atoms with Gasteiger partial charge in [-0.3, -0.25) is 24.5 Å². The van der Waals surface area contributed by atoms with Gasteiger partial charge in [-0.2, -0.15) is 0 Å². The third kappa shape index (κ3) is 6.22. The first kappa shape index (κ1) is 30.1. The number of carbonyl (C=O) groups is 3. The molecule has 0 spiro atoms. The van der Waals surface area contributed by atoms with Crippen LogP contribution in [0.1, 0.15) is 59.3 Å². The van der Waals surface area contributed by atoms with Gasteiger partial charge in [0.1, 0.15) is 6.04 Å². The van der Waals surface area contributed by atoms with Gasteiger partial charge in [-0.15, -0.1) is 0 Å². The minimum absolute atomic E-state index is 0.0304. The summed E-state index contributed by atoms with van der Waals surface area (Å²) < 4.78 is 0. The molecular formula is C34H38N4O5. The molecule has 2 saturated heterocycles. The van der Waals surface area contributed by atoms with E-state index in [4.69, 9.17) is 0 Å². The monoisotopic (exact) mass is 582 g/mol. The number of nitrogens with zero attached hydrogens (tertiary/aromatic N) is 3. The Kier molecular flexibility index (Phi) is 9.01. The molecule has 5 rings (SSSR count). The SMILES string of the molecule is Cc1ccc(C2C(C(=O)c3ccccc3)C(c3ccc([N+](=O)[O-])cc3)C(C(=O)N3CCNCC3)N2C(=O)CC(C)C)cc1. The van der Waals surface area contributed by atoms with Gasteiger partial charge in [0, 0.05) is 56.2 Å². The van der Waals surface area contributed by atoms with Crippen molar-refractivity contribution in [2.24, 2.45) is 11.8 Å². The van der Waals surface area contributed by atoms with Crippen LogP contribution in [-0.4, -0.2) is 64.5 Å². The molecule has 0 aromatic heterocycles. The number of Topliss-reactive ketones (excluding diaryl/α,β-unsaturated/α-hetero) is 1. The minimum Gasteiger partial charge on any atom is -0.338 e. The van der Waals surface area contributed by atoms with Crippen molar-refractivity contribution in [2.45, 2.75) is 45.2 Å². The van der Waals surface area contributed by atoms with Crippen LogP contribution in [0.25, 0.3) is 0 Å². The van der Waals surface area contributed by atoms with Crippen LogP contribution >= 0.6 is 0 Å². The van der Waals surface area contributed by atoms with Crippen molar-refractivity contribution in [1.29, 1.82) is 0 Å². The van der Waals surface area contributed by atoms with E-state index < -0.39 is 28.8 Å². The number of benzene rings is 3. The molecular weight excluding hydrogens is 544 g/mol. The van der Waals surface area contributed by atoms with Crippen LogP contribution in [0.4, 0.5) is 5.69 Å². The zero-order valence-electron chi connectivity index (χ0n) is 24.8. The number of hydrogen-bond donors (Lipinski definition) is 1. The first-order valence-electron chi connectivity index (χ1n) is 14.9. The molecule has 4 unspecified atom stereocenters. The number of nitro benzene ring substituents is 1. The lowest BCUT2D eigenvalue weighted by Gasteiger charge is -2.36. The van der Waals surface area contributed by atoms with E-state index in [2.05, 4.69) is 5.32 Å². The number of rotatable bonds is 8. The van der Waals surface area contributed by atoms with Crippen molar-refractivity contribution < 1.29 is 19.3 Å². The maximum Gasteiger partial charge on any atom is 0.269 e. The van der Waals surface area contributed by atoms with Gasteiger partial charge < -0.3 is 15.1 Å². The van der Waals surface area contributed by atoms with Crippen LogP contribution < -0.4 is 5.32 Å². The lowest BCUT2D eigenvalue weighted by molar-refractivity contribution is -0.384. The zero-order valence-corrected chi connectivity index (χ0v) is 24.8. The third-order valence-corrected chi connectivity index (χ3v) is 8.49. The van der Waals surface area contributed by atoms with Gasteiger partial charge >= 0.3 is 0 Å². The minimum atomic E-state index is -0.963.